The third kappa shape index (κ3) is 4.10. The van der Waals surface area contributed by atoms with E-state index in [-0.39, 0.29) is 12.5 Å². The molecule has 5 nitrogen and oxygen atoms in total. The van der Waals surface area contributed by atoms with Gasteiger partial charge in [0.25, 0.3) is 0 Å². The van der Waals surface area contributed by atoms with Gasteiger partial charge in [-0.15, -0.1) is 0 Å². The smallest absolute Gasteiger partial charge is 0.224 e. The van der Waals surface area contributed by atoms with E-state index in [1.807, 2.05) is 6.92 Å². The molecular weight excluding hydrogens is 326 g/mol. The second kappa shape index (κ2) is 8.23. The topological polar surface area (TPSA) is 68.4 Å². The van der Waals surface area contributed by atoms with Gasteiger partial charge in [0.2, 0.25) is 5.91 Å². The van der Waals surface area contributed by atoms with Crippen molar-refractivity contribution in [3.63, 3.8) is 0 Å². The predicted molar refractivity (Wildman–Crippen MR) is 105 cm³/mol. The number of aliphatic hydroxyl groups is 1. The Morgan fingerprint density at radius 1 is 1.31 bits per heavy atom. The molecule has 0 radical (unpaired) electrons. The number of amides is 1. The van der Waals surface area contributed by atoms with Crippen molar-refractivity contribution in [1.29, 1.82) is 0 Å². The Morgan fingerprint density at radius 3 is 2.85 bits per heavy atom. The van der Waals surface area contributed by atoms with Crippen molar-refractivity contribution in [3.8, 4) is 0 Å². The molecule has 2 heterocycles. The highest BCUT2D eigenvalue weighted by Crippen LogP contribution is 2.28. The molecule has 1 fully saturated rings. The number of H-pyrrole nitrogens is 1. The van der Waals surface area contributed by atoms with Gasteiger partial charge in [-0.1, -0.05) is 12.1 Å². The summed E-state index contributed by atoms with van der Waals surface area (Å²) in [6.45, 7) is 10.0. The average molecular weight is 357 g/mol. The first-order chi connectivity index (χ1) is 12.5. The Hall–Kier alpha value is -1.85. The lowest BCUT2D eigenvalue weighted by Crippen LogP contribution is -2.41. The van der Waals surface area contributed by atoms with Crippen LogP contribution in [0.25, 0.3) is 10.9 Å². The number of nitrogens with zero attached hydrogens (tertiary/aromatic N) is 1. The first kappa shape index (κ1) is 18.9. The highest BCUT2D eigenvalue weighted by molar-refractivity contribution is 5.93. The Labute approximate surface area is 155 Å². The van der Waals surface area contributed by atoms with Gasteiger partial charge in [0.1, 0.15) is 0 Å². The highest BCUT2D eigenvalue weighted by Gasteiger charge is 2.19. The van der Waals surface area contributed by atoms with Crippen LogP contribution in [0.15, 0.2) is 12.1 Å². The Morgan fingerprint density at radius 2 is 2.08 bits per heavy atom. The van der Waals surface area contributed by atoms with Crippen LogP contribution >= 0.6 is 0 Å². The molecule has 0 bridgehead atoms. The highest BCUT2D eigenvalue weighted by atomic mass is 16.3. The molecule has 1 aromatic carbocycles. The Bertz CT molecular complexity index is 781. The lowest BCUT2D eigenvalue weighted by atomic mass is 9.99. The molecule has 26 heavy (non-hydrogen) atoms. The van der Waals surface area contributed by atoms with Gasteiger partial charge in [-0.2, -0.15) is 0 Å². The summed E-state index contributed by atoms with van der Waals surface area (Å²) in [6, 6.07) is 4.25. The van der Waals surface area contributed by atoms with E-state index in [2.05, 4.69) is 41.2 Å². The summed E-state index contributed by atoms with van der Waals surface area (Å²) in [5.74, 6) is 0.463. The van der Waals surface area contributed by atoms with Gasteiger partial charge in [-0.05, 0) is 62.8 Å². The maximum atomic E-state index is 12.5. The molecule has 5 heteroatoms. The molecular formula is C21H31N3O2. The molecule has 0 aliphatic carbocycles. The third-order valence-corrected chi connectivity index (χ3v) is 5.64. The number of carbonyl (C=O) groups excluding carboxylic acids is 1. The van der Waals surface area contributed by atoms with Gasteiger partial charge < -0.3 is 20.3 Å². The van der Waals surface area contributed by atoms with E-state index in [1.54, 1.807) is 0 Å². The Balaban J connectivity index is 1.58. The average Bonchev–Trinajstić information content (AvgIpc) is 2.96. The number of benzene rings is 1. The predicted octanol–water partition coefficient (Wildman–Crippen LogP) is 2.46. The maximum absolute atomic E-state index is 12.5. The van der Waals surface area contributed by atoms with Crippen molar-refractivity contribution in [2.45, 2.75) is 40.0 Å². The summed E-state index contributed by atoms with van der Waals surface area (Å²) < 4.78 is 0. The number of aryl methyl sites for hydroxylation is 3. The first-order valence-electron chi connectivity index (χ1n) is 9.67. The number of likely N-dealkylation sites (tertiary alicyclic amines) is 1. The normalized spacial score (nSPS) is 18.4. The molecule has 1 amide bonds. The summed E-state index contributed by atoms with van der Waals surface area (Å²) >= 11 is 0. The summed E-state index contributed by atoms with van der Waals surface area (Å²) in [6.07, 6.45) is 2.65. The first-order valence-corrected chi connectivity index (χ1v) is 9.67. The van der Waals surface area contributed by atoms with Crippen LogP contribution in [-0.2, 0) is 11.2 Å². The maximum Gasteiger partial charge on any atom is 0.224 e. The summed E-state index contributed by atoms with van der Waals surface area (Å²) in [5.41, 5.74) is 5.75. The minimum Gasteiger partial charge on any atom is -0.396 e. The number of aromatic nitrogens is 1. The molecule has 3 rings (SSSR count). The van der Waals surface area contributed by atoms with Crippen molar-refractivity contribution in [3.05, 3.63) is 34.5 Å². The van der Waals surface area contributed by atoms with E-state index >= 15 is 0 Å². The number of carbonyl (C=O) groups is 1. The van der Waals surface area contributed by atoms with E-state index in [0.29, 0.717) is 18.9 Å². The zero-order valence-electron chi connectivity index (χ0n) is 16.2. The van der Waals surface area contributed by atoms with E-state index in [4.69, 9.17) is 0 Å². The number of rotatable bonds is 6. The standard InChI is InChI=1S/C21H31N3O2/c1-14-6-7-15(2)21-20(14)18(16(3)23-21)11-19(26)22-8-10-24-9-4-5-17(12-24)13-25/h6-7,17,23,25H,4-5,8-13H2,1-3H3,(H,22,26)/t17-/m1/s1. The largest absolute Gasteiger partial charge is 0.396 e. The molecule has 1 saturated heterocycles. The fourth-order valence-corrected chi connectivity index (χ4v) is 4.11. The zero-order chi connectivity index (χ0) is 18.7. The monoisotopic (exact) mass is 357 g/mol. The molecule has 0 saturated carbocycles. The van der Waals surface area contributed by atoms with Crippen molar-refractivity contribution in [1.82, 2.24) is 15.2 Å². The van der Waals surface area contributed by atoms with Crippen LogP contribution in [0.5, 0.6) is 0 Å². The fraction of sp³-hybridized carbons (Fsp3) is 0.571. The van der Waals surface area contributed by atoms with E-state index < -0.39 is 0 Å². The van der Waals surface area contributed by atoms with Crippen LogP contribution < -0.4 is 5.32 Å². The molecule has 1 atom stereocenters. The summed E-state index contributed by atoms with van der Waals surface area (Å²) in [5, 5.41) is 13.6. The van der Waals surface area contributed by atoms with Crippen LogP contribution in [-0.4, -0.2) is 53.7 Å². The van der Waals surface area contributed by atoms with Crippen molar-refractivity contribution in [2.24, 2.45) is 5.92 Å². The molecule has 2 aromatic rings. The quantitative estimate of drug-likeness (QED) is 0.744. The van der Waals surface area contributed by atoms with Crippen LogP contribution in [0, 0.1) is 26.7 Å². The van der Waals surface area contributed by atoms with Gasteiger partial charge in [0, 0.05) is 42.8 Å². The minimum absolute atomic E-state index is 0.0747. The van der Waals surface area contributed by atoms with Crippen LogP contribution in [0.3, 0.4) is 0 Å². The minimum atomic E-state index is 0.0747. The number of hydrogen-bond acceptors (Lipinski definition) is 3. The lowest BCUT2D eigenvalue weighted by Gasteiger charge is -2.31. The number of nitrogens with one attached hydrogen (secondary N) is 2. The SMILES string of the molecule is Cc1[nH]c2c(C)ccc(C)c2c1CC(=O)NCCN1CCC[C@@H](CO)C1. The van der Waals surface area contributed by atoms with Crippen molar-refractivity contribution >= 4 is 16.8 Å². The Kier molecular flexibility index (Phi) is 5.99. The molecule has 0 unspecified atom stereocenters. The number of hydrogen-bond donors (Lipinski definition) is 3. The van der Waals surface area contributed by atoms with Crippen molar-refractivity contribution < 1.29 is 9.90 Å². The number of aromatic amines is 1. The van der Waals surface area contributed by atoms with Gasteiger partial charge in [0.05, 0.1) is 6.42 Å². The van der Waals surface area contributed by atoms with Gasteiger partial charge in [0.15, 0.2) is 0 Å². The molecule has 1 aromatic heterocycles. The molecule has 1 aliphatic rings. The lowest BCUT2D eigenvalue weighted by molar-refractivity contribution is -0.120. The van der Waals surface area contributed by atoms with E-state index in [1.165, 1.54) is 16.5 Å². The van der Waals surface area contributed by atoms with Crippen LogP contribution in [0.2, 0.25) is 0 Å². The van der Waals surface area contributed by atoms with E-state index in [0.717, 1.165) is 49.2 Å². The van der Waals surface area contributed by atoms with Gasteiger partial charge in [-0.3, -0.25) is 4.79 Å². The summed E-state index contributed by atoms with van der Waals surface area (Å²) in [7, 11) is 0. The molecule has 3 N–H and O–H groups in total. The van der Waals surface area contributed by atoms with E-state index in [9.17, 15) is 9.90 Å². The second-order valence-electron chi connectivity index (χ2n) is 7.70. The number of piperidine rings is 1. The molecule has 0 spiro atoms. The zero-order valence-corrected chi connectivity index (χ0v) is 16.2. The molecule has 1 aliphatic heterocycles. The van der Waals surface area contributed by atoms with Crippen LogP contribution in [0.1, 0.15) is 35.2 Å². The second-order valence-corrected chi connectivity index (χ2v) is 7.70. The fourth-order valence-electron chi connectivity index (χ4n) is 4.11. The van der Waals surface area contributed by atoms with Crippen LogP contribution in [0.4, 0.5) is 0 Å². The van der Waals surface area contributed by atoms with Crippen molar-refractivity contribution in [2.75, 3.05) is 32.8 Å². The van der Waals surface area contributed by atoms with Gasteiger partial charge in [-0.25, -0.2) is 0 Å². The molecule has 142 valence electrons. The van der Waals surface area contributed by atoms with Gasteiger partial charge >= 0.3 is 0 Å². The third-order valence-electron chi connectivity index (χ3n) is 5.64. The number of aliphatic hydroxyl groups excluding tert-OH is 1. The summed E-state index contributed by atoms with van der Waals surface area (Å²) in [4.78, 5) is 18.3. The number of fused-ring (bicyclic) bond motifs is 1.